The van der Waals surface area contributed by atoms with Crippen LogP contribution in [0.4, 0.5) is 19.3 Å². The fourth-order valence-electron chi connectivity index (χ4n) is 1.49. The Kier molecular flexibility index (Phi) is 5.89. The first-order chi connectivity index (χ1) is 10.4. The maximum Gasteiger partial charge on any atom is 0.407 e. The number of benzene rings is 1. The number of nitrogens with one attached hydrogen (secondary N) is 2. The minimum absolute atomic E-state index is 0.0769. The highest BCUT2D eigenvalue weighted by Crippen LogP contribution is 2.20. The minimum Gasteiger partial charge on any atom is -0.444 e. The largest absolute Gasteiger partial charge is 0.444 e. The van der Waals surface area contributed by atoms with E-state index in [9.17, 15) is 22.0 Å². The van der Waals surface area contributed by atoms with Crippen LogP contribution < -0.4 is 15.8 Å². The molecule has 0 fully saturated rings. The molecular formula is C13H19F2N3O4S. The molecule has 1 aromatic carbocycles. The van der Waals surface area contributed by atoms with Gasteiger partial charge >= 0.3 is 6.09 Å². The van der Waals surface area contributed by atoms with Crippen molar-refractivity contribution in [1.82, 2.24) is 10.0 Å². The number of alkyl carbamates (subject to hydrolysis) is 1. The van der Waals surface area contributed by atoms with Crippen LogP contribution in [0.1, 0.15) is 20.8 Å². The number of hydrogen-bond acceptors (Lipinski definition) is 5. The number of amides is 1. The molecule has 0 saturated carbocycles. The molecule has 4 N–H and O–H groups in total. The lowest BCUT2D eigenvalue weighted by Crippen LogP contribution is -2.38. The van der Waals surface area contributed by atoms with Gasteiger partial charge in [-0.1, -0.05) is 0 Å². The molecule has 0 spiro atoms. The van der Waals surface area contributed by atoms with Gasteiger partial charge < -0.3 is 15.8 Å². The van der Waals surface area contributed by atoms with Gasteiger partial charge in [-0.15, -0.1) is 0 Å². The van der Waals surface area contributed by atoms with Crippen LogP contribution in [0.25, 0.3) is 0 Å². The SMILES string of the molecule is CC(C)(C)OC(=O)NCCNS(=O)(=O)c1cc(N)c(F)cc1F. The van der Waals surface area contributed by atoms with E-state index < -0.39 is 43.9 Å². The summed E-state index contributed by atoms with van der Waals surface area (Å²) in [5, 5.41) is 2.33. The lowest BCUT2D eigenvalue weighted by atomic mass is 10.2. The highest BCUT2D eigenvalue weighted by Gasteiger charge is 2.21. The Morgan fingerprint density at radius 1 is 1.22 bits per heavy atom. The summed E-state index contributed by atoms with van der Waals surface area (Å²) in [6.45, 7) is 4.75. The van der Waals surface area contributed by atoms with E-state index in [1.54, 1.807) is 20.8 Å². The normalized spacial score (nSPS) is 12.0. The van der Waals surface area contributed by atoms with E-state index in [0.717, 1.165) is 0 Å². The Labute approximate surface area is 133 Å². The average Bonchev–Trinajstić information content (AvgIpc) is 2.37. The first-order valence-electron chi connectivity index (χ1n) is 6.63. The molecule has 0 aliphatic rings. The summed E-state index contributed by atoms with van der Waals surface area (Å²) in [5.74, 6) is -2.31. The van der Waals surface area contributed by atoms with Crippen LogP contribution in [0.15, 0.2) is 17.0 Å². The van der Waals surface area contributed by atoms with E-state index in [1.807, 2.05) is 0 Å². The van der Waals surface area contributed by atoms with E-state index in [2.05, 4.69) is 10.0 Å². The number of halogens is 2. The third-order valence-electron chi connectivity index (χ3n) is 2.43. The lowest BCUT2D eigenvalue weighted by Gasteiger charge is -2.19. The first kappa shape index (κ1) is 19.1. The minimum atomic E-state index is -4.23. The number of carbonyl (C=O) groups is 1. The molecule has 0 atom stereocenters. The van der Waals surface area contributed by atoms with Crippen molar-refractivity contribution in [2.45, 2.75) is 31.3 Å². The zero-order valence-corrected chi connectivity index (χ0v) is 13.8. The zero-order valence-electron chi connectivity index (χ0n) is 12.9. The molecule has 1 aromatic rings. The van der Waals surface area contributed by atoms with E-state index in [0.29, 0.717) is 12.1 Å². The van der Waals surface area contributed by atoms with Crippen LogP contribution >= 0.6 is 0 Å². The van der Waals surface area contributed by atoms with Gasteiger partial charge in [0, 0.05) is 19.2 Å². The second kappa shape index (κ2) is 7.09. The van der Waals surface area contributed by atoms with Crippen molar-refractivity contribution in [3.8, 4) is 0 Å². The van der Waals surface area contributed by atoms with Gasteiger partial charge in [0.2, 0.25) is 10.0 Å². The number of nitrogens with two attached hydrogens (primary N) is 1. The molecule has 1 amide bonds. The van der Waals surface area contributed by atoms with Crippen molar-refractivity contribution in [2.24, 2.45) is 0 Å². The Bertz CT molecular complexity index is 687. The van der Waals surface area contributed by atoms with Gasteiger partial charge in [0.1, 0.15) is 22.1 Å². The zero-order chi connectivity index (χ0) is 17.8. The number of hydrogen-bond donors (Lipinski definition) is 3. The summed E-state index contributed by atoms with van der Waals surface area (Å²) in [5.41, 5.74) is 4.06. The molecule has 10 heteroatoms. The quantitative estimate of drug-likeness (QED) is 0.548. The van der Waals surface area contributed by atoms with Crippen LogP contribution in [0.3, 0.4) is 0 Å². The highest BCUT2D eigenvalue weighted by atomic mass is 32.2. The third kappa shape index (κ3) is 5.99. The molecule has 0 aliphatic carbocycles. The molecule has 0 aliphatic heterocycles. The number of nitrogen functional groups attached to an aromatic ring is 1. The van der Waals surface area contributed by atoms with Crippen molar-refractivity contribution in [2.75, 3.05) is 18.8 Å². The summed E-state index contributed by atoms with van der Waals surface area (Å²) in [6, 6.07) is 1.08. The second-order valence-corrected chi connectivity index (χ2v) is 7.37. The average molecular weight is 351 g/mol. The predicted molar refractivity (Wildman–Crippen MR) is 80.2 cm³/mol. The van der Waals surface area contributed by atoms with Gasteiger partial charge in [-0.05, 0) is 26.8 Å². The molecule has 0 unspecified atom stereocenters. The van der Waals surface area contributed by atoms with Crippen LogP contribution in [0, 0.1) is 11.6 Å². The van der Waals surface area contributed by atoms with Crippen molar-refractivity contribution < 1.29 is 26.7 Å². The molecular weight excluding hydrogens is 332 g/mol. The molecule has 23 heavy (non-hydrogen) atoms. The fourth-order valence-corrected chi connectivity index (χ4v) is 2.62. The molecule has 0 saturated heterocycles. The van der Waals surface area contributed by atoms with Crippen molar-refractivity contribution in [1.29, 1.82) is 0 Å². The smallest absolute Gasteiger partial charge is 0.407 e. The lowest BCUT2D eigenvalue weighted by molar-refractivity contribution is 0.0529. The Hall–Kier alpha value is -1.94. The number of anilines is 1. The number of ether oxygens (including phenoxy) is 1. The van der Waals surface area contributed by atoms with Gasteiger partial charge in [-0.3, -0.25) is 0 Å². The van der Waals surface area contributed by atoms with Gasteiger partial charge in [0.15, 0.2) is 0 Å². The van der Waals surface area contributed by atoms with E-state index in [1.165, 1.54) is 0 Å². The Morgan fingerprint density at radius 3 is 2.39 bits per heavy atom. The van der Waals surface area contributed by atoms with Crippen molar-refractivity contribution in [3.05, 3.63) is 23.8 Å². The fraction of sp³-hybridized carbons (Fsp3) is 0.462. The van der Waals surface area contributed by atoms with Crippen LogP contribution in [-0.2, 0) is 14.8 Å². The van der Waals surface area contributed by atoms with E-state index >= 15 is 0 Å². The topological polar surface area (TPSA) is 111 Å². The second-order valence-electron chi connectivity index (χ2n) is 5.63. The Morgan fingerprint density at radius 2 is 1.83 bits per heavy atom. The van der Waals surface area contributed by atoms with Crippen LogP contribution in [0.5, 0.6) is 0 Å². The summed E-state index contributed by atoms with van der Waals surface area (Å²) in [6.07, 6.45) is -0.714. The standard InChI is InChI=1S/C13H19F2N3O4S/c1-13(2,3)22-12(19)17-4-5-18-23(20,21)11-7-10(16)8(14)6-9(11)15/h6-7,18H,4-5,16H2,1-3H3,(H,17,19). The van der Waals surface area contributed by atoms with Crippen molar-refractivity contribution >= 4 is 21.8 Å². The van der Waals surface area contributed by atoms with Gasteiger partial charge in [-0.2, -0.15) is 0 Å². The number of rotatable bonds is 5. The molecule has 1 rings (SSSR count). The molecule has 0 aromatic heterocycles. The molecule has 0 radical (unpaired) electrons. The highest BCUT2D eigenvalue weighted by molar-refractivity contribution is 7.89. The molecule has 130 valence electrons. The number of sulfonamides is 1. The maximum atomic E-state index is 13.5. The Balaban J connectivity index is 2.61. The van der Waals surface area contributed by atoms with Crippen LogP contribution in [-0.4, -0.2) is 33.2 Å². The maximum absolute atomic E-state index is 13.5. The van der Waals surface area contributed by atoms with Gasteiger partial charge in [0.05, 0.1) is 5.69 Å². The van der Waals surface area contributed by atoms with Crippen molar-refractivity contribution in [3.63, 3.8) is 0 Å². The van der Waals surface area contributed by atoms with E-state index in [4.69, 9.17) is 10.5 Å². The third-order valence-corrected chi connectivity index (χ3v) is 3.90. The van der Waals surface area contributed by atoms with Gasteiger partial charge in [-0.25, -0.2) is 26.7 Å². The number of carbonyl (C=O) groups excluding carboxylic acids is 1. The summed E-state index contributed by atoms with van der Waals surface area (Å²) in [4.78, 5) is 10.6. The van der Waals surface area contributed by atoms with E-state index in [-0.39, 0.29) is 13.1 Å². The summed E-state index contributed by atoms with van der Waals surface area (Å²) in [7, 11) is -4.23. The van der Waals surface area contributed by atoms with Crippen LogP contribution in [0.2, 0.25) is 0 Å². The summed E-state index contributed by atoms with van der Waals surface area (Å²) < 4.78 is 57.4. The first-order valence-corrected chi connectivity index (χ1v) is 8.12. The predicted octanol–water partition coefficient (Wildman–Crippen LogP) is 1.35. The molecule has 7 nitrogen and oxygen atoms in total. The molecule has 0 bridgehead atoms. The monoisotopic (exact) mass is 351 g/mol. The summed E-state index contributed by atoms with van der Waals surface area (Å²) >= 11 is 0. The molecule has 0 heterocycles. The van der Waals surface area contributed by atoms with Gasteiger partial charge in [0.25, 0.3) is 0 Å².